The number of benzene rings is 1. The summed E-state index contributed by atoms with van der Waals surface area (Å²) in [6, 6.07) is 10.2. The van der Waals surface area contributed by atoms with Crippen molar-refractivity contribution >= 4 is 40.4 Å². The highest BCUT2D eigenvalue weighted by atomic mass is 32.2. The van der Waals surface area contributed by atoms with Crippen molar-refractivity contribution in [1.29, 1.82) is 0 Å². The Balaban J connectivity index is 2.19. The van der Waals surface area contributed by atoms with Gasteiger partial charge in [0.1, 0.15) is 0 Å². The molecule has 0 saturated heterocycles. The van der Waals surface area contributed by atoms with Gasteiger partial charge in [0.2, 0.25) is 4.38 Å². The zero-order chi connectivity index (χ0) is 10.2. The highest BCUT2D eigenvalue weighted by Crippen LogP contribution is 2.17. The topological polar surface area (TPSA) is 9.23 Å². The van der Waals surface area contributed by atoms with E-state index in [1.165, 1.54) is 17.6 Å². The highest BCUT2D eigenvalue weighted by Gasteiger charge is 1.98. The monoisotopic (exact) mass is 244 g/mol. The first-order chi connectivity index (χ1) is 6.83. The molecule has 14 heavy (non-hydrogen) atoms. The zero-order valence-electron chi connectivity index (χ0n) is 7.93. The summed E-state index contributed by atoms with van der Waals surface area (Å²) in [4.78, 5) is 0. The Kier molecular flexibility index (Phi) is 6.07. The van der Waals surface area contributed by atoms with Crippen LogP contribution in [0.5, 0.6) is 0 Å². The van der Waals surface area contributed by atoms with Gasteiger partial charge in [0, 0.05) is 0 Å². The van der Waals surface area contributed by atoms with Crippen LogP contribution in [0.25, 0.3) is 0 Å². The lowest BCUT2D eigenvalue weighted by Gasteiger charge is -2.03. The zero-order valence-corrected chi connectivity index (χ0v) is 10.4. The molecule has 0 heterocycles. The molecule has 0 spiro atoms. The predicted molar refractivity (Wildman–Crippen MR) is 69.6 cm³/mol. The van der Waals surface area contributed by atoms with Crippen LogP contribution in [0.3, 0.4) is 0 Å². The third-order valence-corrected chi connectivity index (χ3v) is 3.45. The summed E-state index contributed by atoms with van der Waals surface area (Å²) in [7, 11) is 0. The van der Waals surface area contributed by atoms with Gasteiger partial charge in [-0.3, -0.25) is 0 Å². The van der Waals surface area contributed by atoms with E-state index in [0.717, 1.165) is 11.5 Å². The third-order valence-electron chi connectivity index (χ3n) is 1.46. The molecule has 76 valence electrons. The lowest BCUT2D eigenvalue weighted by molar-refractivity contribution is 0.679. The number of hydrogen-bond donors (Lipinski definition) is 0. The largest absolute Gasteiger partial charge is 0.407 e. The smallest absolute Gasteiger partial charge is 0.234 e. The van der Waals surface area contributed by atoms with Crippen LogP contribution in [0.1, 0.15) is 12.5 Å². The molecule has 1 aromatic rings. The van der Waals surface area contributed by atoms with E-state index in [4.69, 9.17) is 16.4 Å². The Morgan fingerprint density at radius 1 is 1.36 bits per heavy atom. The maximum absolute atomic E-state index is 5.30. The Labute approximate surface area is 98.8 Å². The molecule has 0 aromatic heterocycles. The fourth-order valence-corrected chi connectivity index (χ4v) is 2.42. The average molecular weight is 244 g/mol. The summed E-state index contributed by atoms with van der Waals surface area (Å²) in [6.45, 7) is 2.06. The lowest BCUT2D eigenvalue weighted by Crippen LogP contribution is -1.90. The van der Waals surface area contributed by atoms with Gasteiger partial charge >= 0.3 is 0 Å². The molecule has 0 bridgehead atoms. The van der Waals surface area contributed by atoms with E-state index < -0.39 is 0 Å². The van der Waals surface area contributed by atoms with E-state index in [2.05, 4.69) is 19.1 Å². The number of rotatable bonds is 4. The quantitative estimate of drug-likeness (QED) is 0.586. The maximum Gasteiger partial charge on any atom is 0.234 e. The van der Waals surface area contributed by atoms with Crippen molar-refractivity contribution in [3.63, 3.8) is 0 Å². The van der Waals surface area contributed by atoms with Gasteiger partial charge in [-0.1, -0.05) is 49.0 Å². The molecule has 0 unspecified atom stereocenters. The molecule has 0 saturated carbocycles. The summed E-state index contributed by atoms with van der Waals surface area (Å²) >= 11 is 7.94. The van der Waals surface area contributed by atoms with Crippen molar-refractivity contribution in [2.24, 2.45) is 0 Å². The SMILES string of the molecule is CCSC(=S)OSCc1ccccc1. The first-order valence-corrected chi connectivity index (χ1v) is 6.63. The summed E-state index contributed by atoms with van der Waals surface area (Å²) in [5, 5.41) is 0. The van der Waals surface area contributed by atoms with Crippen molar-refractivity contribution in [2.45, 2.75) is 12.7 Å². The van der Waals surface area contributed by atoms with Gasteiger partial charge in [0.15, 0.2) is 0 Å². The molecule has 0 aliphatic carbocycles. The van der Waals surface area contributed by atoms with Crippen molar-refractivity contribution in [2.75, 3.05) is 5.75 Å². The molecule has 1 aromatic carbocycles. The minimum absolute atomic E-state index is 0.619. The van der Waals surface area contributed by atoms with Crippen molar-refractivity contribution in [3.05, 3.63) is 35.9 Å². The first-order valence-electron chi connectivity index (χ1n) is 4.33. The average Bonchev–Trinajstić information content (AvgIpc) is 2.20. The minimum Gasteiger partial charge on any atom is -0.407 e. The van der Waals surface area contributed by atoms with Gasteiger partial charge in [0.25, 0.3) is 0 Å². The molecular formula is C10H12OS3. The highest BCUT2D eigenvalue weighted by molar-refractivity contribution is 8.23. The first kappa shape index (κ1) is 11.9. The van der Waals surface area contributed by atoms with Crippen molar-refractivity contribution in [3.8, 4) is 0 Å². The second kappa shape index (κ2) is 7.15. The summed E-state index contributed by atoms with van der Waals surface area (Å²) < 4.78 is 5.92. The van der Waals surface area contributed by atoms with Crippen molar-refractivity contribution in [1.82, 2.24) is 0 Å². The van der Waals surface area contributed by atoms with Gasteiger partial charge in [-0.25, -0.2) is 0 Å². The van der Waals surface area contributed by atoms with E-state index in [9.17, 15) is 0 Å². The van der Waals surface area contributed by atoms with Crippen LogP contribution in [0.15, 0.2) is 30.3 Å². The maximum atomic E-state index is 5.30. The summed E-state index contributed by atoms with van der Waals surface area (Å²) in [6.07, 6.45) is 0. The van der Waals surface area contributed by atoms with Crippen LogP contribution in [-0.4, -0.2) is 10.1 Å². The van der Waals surface area contributed by atoms with E-state index in [1.807, 2.05) is 18.2 Å². The Morgan fingerprint density at radius 3 is 2.71 bits per heavy atom. The van der Waals surface area contributed by atoms with Crippen LogP contribution < -0.4 is 0 Å². The molecule has 0 aliphatic heterocycles. The fourth-order valence-electron chi connectivity index (χ4n) is 0.862. The lowest BCUT2D eigenvalue weighted by atomic mass is 10.2. The number of hydrogen-bond acceptors (Lipinski definition) is 4. The van der Waals surface area contributed by atoms with E-state index in [-0.39, 0.29) is 0 Å². The Hall–Kier alpha value is -0.190. The predicted octanol–water partition coefficient (Wildman–Crippen LogP) is 3.89. The van der Waals surface area contributed by atoms with Gasteiger partial charge in [-0.05, 0) is 23.5 Å². The standard InChI is InChI=1S/C10H12OS3/c1-2-13-10(12)11-14-8-9-6-4-3-5-7-9/h3-7H,2,8H2,1H3. The molecule has 1 rings (SSSR count). The van der Waals surface area contributed by atoms with E-state index in [0.29, 0.717) is 4.38 Å². The number of thioether (sulfide) groups is 1. The van der Waals surface area contributed by atoms with Gasteiger partial charge < -0.3 is 4.18 Å². The van der Waals surface area contributed by atoms with E-state index in [1.54, 1.807) is 11.8 Å². The molecule has 4 heteroatoms. The van der Waals surface area contributed by atoms with Crippen LogP contribution >= 0.6 is 36.0 Å². The molecule has 0 amide bonds. The Bertz CT molecular complexity index is 274. The fraction of sp³-hybridized carbons (Fsp3) is 0.300. The normalized spacial score (nSPS) is 9.79. The van der Waals surface area contributed by atoms with Crippen molar-refractivity contribution < 1.29 is 4.18 Å². The summed E-state index contributed by atoms with van der Waals surface area (Å²) in [5.41, 5.74) is 1.25. The third kappa shape index (κ3) is 4.88. The molecule has 0 aliphatic rings. The molecular weight excluding hydrogens is 232 g/mol. The van der Waals surface area contributed by atoms with E-state index >= 15 is 0 Å². The van der Waals surface area contributed by atoms with Gasteiger partial charge in [-0.15, -0.1) is 0 Å². The van der Waals surface area contributed by atoms with Crippen LogP contribution in [0, 0.1) is 0 Å². The Morgan fingerprint density at radius 2 is 2.07 bits per heavy atom. The van der Waals surface area contributed by atoms with Gasteiger partial charge in [-0.2, -0.15) is 0 Å². The molecule has 0 radical (unpaired) electrons. The number of thiocarbonyl (C=S) groups is 1. The van der Waals surface area contributed by atoms with Crippen LogP contribution in [0.4, 0.5) is 0 Å². The van der Waals surface area contributed by atoms with Crippen LogP contribution in [-0.2, 0) is 9.94 Å². The molecule has 0 N–H and O–H groups in total. The molecule has 0 atom stereocenters. The minimum atomic E-state index is 0.619. The second-order valence-corrected chi connectivity index (χ2v) is 5.07. The van der Waals surface area contributed by atoms with Gasteiger partial charge in [0.05, 0.1) is 17.8 Å². The molecule has 1 nitrogen and oxygen atoms in total. The second-order valence-electron chi connectivity index (χ2n) is 2.51. The van der Waals surface area contributed by atoms with Crippen LogP contribution in [0.2, 0.25) is 0 Å². The molecule has 0 fully saturated rings. The summed E-state index contributed by atoms with van der Waals surface area (Å²) in [5.74, 6) is 1.80.